The van der Waals surface area contributed by atoms with Crippen molar-refractivity contribution in [2.75, 3.05) is 39.9 Å². The first-order chi connectivity index (χ1) is 9.11. The van der Waals surface area contributed by atoms with E-state index in [0.717, 1.165) is 45.2 Å². The summed E-state index contributed by atoms with van der Waals surface area (Å²) in [6.45, 7) is 13.1. The van der Waals surface area contributed by atoms with E-state index in [1.165, 1.54) is 12.8 Å². The van der Waals surface area contributed by atoms with Gasteiger partial charge in [0.2, 0.25) is 0 Å². The number of unbranched alkanes of at least 4 members (excludes halogenated alkanes) is 1. The molecule has 0 aliphatic heterocycles. The molecule has 0 atom stereocenters. The van der Waals surface area contributed by atoms with Gasteiger partial charge >= 0.3 is 0 Å². The summed E-state index contributed by atoms with van der Waals surface area (Å²) >= 11 is 0. The third kappa shape index (κ3) is 10.8. The minimum atomic E-state index is 0.612. The van der Waals surface area contributed by atoms with Crippen molar-refractivity contribution in [3.63, 3.8) is 0 Å². The molecule has 0 aliphatic carbocycles. The van der Waals surface area contributed by atoms with E-state index in [1.54, 1.807) is 0 Å². The molecule has 1 N–H and O–H groups in total. The second-order valence-electron chi connectivity index (χ2n) is 5.33. The Balaban J connectivity index is 3.91. The van der Waals surface area contributed by atoms with E-state index in [9.17, 15) is 0 Å². The van der Waals surface area contributed by atoms with Crippen LogP contribution in [0.4, 0.5) is 0 Å². The van der Waals surface area contributed by atoms with Crippen LogP contribution >= 0.6 is 0 Å². The molecule has 0 aromatic heterocycles. The van der Waals surface area contributed by atoms with Gasteiger partial charge in [0, 0.05) is 39.9 Å². The number of rotatable bonds is 10. The van der Waals surface area contributed by atoms with Gasteiger partial charge in [-0.2, -0.15) is 0 Å². The Morgan fingerprint density at radius 3 is 2.58 bits per heavy atom. The average Bonchev–Trinajstić information content (AvgIpc) is 2.38. The predicted molar refractivity (Wildman–Crippen MR) is 83.8 cm³/mol. The van der Waals surface area contributed by atoms with Crippen molar-refractivity contribution in [2.24, 2.45) is 10.9 Å². The van der Waals surface area contributed by atoms with E-state index in [2.05, 4.69) is 50.0 Å². The van der Waals surface area contributed by atoms with E-state index in [-0.39, 0.29) is 0 Å². The summed E-state index contributed by atoms with van der Waals surface area (Å²) < 4.78 is 5.56. The molecule has 4 nitrogen and oxygen atoms in total. The lowest BCUT2D eigenvalue weighted by atomic mass is 10.2. The van der Waals surface area contributed by atoms with E-state index >= 15 is 0 Å². The quantitative estimate of drug-likeness (QED) is 0.377. The number of ether oxygens (including phenoxy) is 1. The maximum absolute atomic E-state index is 5.56. The van der Waals surface area contributed by atoms with Crippen molar-refractivity contribution in [1.82, 2.24) is 10.2 Å². The van der Waals surface area contributed by atoms with Gasteiger partial charge in [0.25, 0.3) is 0 Å². The van der Waals surface area contributed by atoms with Crippen molar-refractivity contribution in [3.05, 3.63) is 0 Å². The maximum atomic E-state index is 5.56. The van der Waals surface area contributed by atoms with Gasteiger partial charge < -0.3 is 15.0 Å². The highest BCUT2D eigenvalue weighted by Crippen LogP contribution is 1.96. The maximum Gasteiger partial charge on any atom is 0.193 e. The fourth-order valence-corrected chi connectivity index (χ4v) is 1.64. The highest BCUT2D eigenvalue weighted by Gasteiger charge is 2.03. The zero-order valence-electron chi connectivity index (χ0n) is 13.5. The van der Waals surface area contributed by atoms with Crippen molar-refractivity contribution in [3.8, 4) is 0 Å². The Bertz CT molecular complexity index is 229. The highest BCUT2D eigenvalue weighted by atomic mass is 16.5. The van der Waals surface area contributed by atoms with Crippen LogP contribution in [-0.2, 0) is 4.74 Å². The van der Waals surface area contributed by atoms with E-state index in [4.69, 9.17) is 4.74 Å². The summed E-state index contributed by atoms with van der Waals surface area (Å²) in [6, 6.07) is 0. The van der Waals surface area contributed by atoms with Crippen LogP contribution in [0.5, 0.6) is 0 Å². The lowest BCUT2D eigenvalue weighted by Crippen LogP contribution is -2.39. The Kier molecular flexibility index (Phi) is 11.8. The summed E-state index contributed by atoms with van der Waals surface area (Å²) in [6.07, 6.45) is 3.41. The molecule has 114 valence electrons. The van der Waals surface area contributed by atoms with Gasteiger partial charge in [0.15, 0.2) is 5.96 Å². The molecule has 0 spiro atoms. The van der Waals surface area contributed by atoms with Crippen LogP contribution in [0.2, 0.25) is 0 Å². The first-order valence-corrected chi connectivity index (χ1v) is 7.68. The van der Waals surface area contributed by atoms with Crippen LogP contribution in [0.3, 0.4) is 0 Å². The summed E-state index contributed by atoms with van der Waals surface area (Å²) in [4.78, 5) is 6.84. The molecule has 0 aliphatic rings. The van der Waals surface area contributed by atoms with Gasteiger partial charge in [-0.15, -0.1) is 0 Å². The smallest absolute Gasteiger partial charge is 0.193 e. The van der Waals surface area contributed by atoms with Gasteiger partial charge in [0.05, 0.1) is 0 Å². The SMILES string of the molecule is CCCCN(C)C(=NCCCOCC(C)C)NCC. The summed E-state index contributed by atoms with van der Waals surface area (Å²) in [5.41, 5.74) is 0. The lowest BCUT2D eigenvalue weighted by Gasteiger charge is -2.21. The zero-order valence-corrected chi connectivity index (χ0v) is 13.5. The molecule has 0 aromatic carbocycles. The number of aliphatic imine (C=N–C) groups is 1. The zero-order chi connectivity index (χ0) is 14.5. The summed E-state index contributed by atoms with van der Waals surface area (Å²) in [7, 11) is 2.10. The molecule has 0 bridgehead atoms. The molecular weight excluding hydrogens is 238 g/mol. The first kappa shape index (κ1) is 18.2. The third-order valence-electron chi connectivity index (χ3n) is 2.70. The molecule has 19 heavy (non-hydrogen) atoms. The Morgan fingerprint density at radius 2 is 2.00 bits per heavy atom. The Labute approximate surface area is 119 Å². The molecule has 0 heterocycles. The van der Waals surface area contributed by atoms with Crippen LogP contribution in [0, 0.1) is 5.92 Å². The van der Waals surface area contributed by atoms with E-state index in [0.29, 0.717) is 5.92 Å². The standard InChI is InChI=1S/C15H33N3O/c1-6-8-11-18(5)15(16-7-2)17-10-9-12-19-13-14(3)4/h14H,6-13H2,1-5H3,(H,16,17). The number of hydrogen-bond donors (Lipinski definition) is 1. The van der Waals surface area contributed by atoms with Crippen molar-refractivity contribution in [2.45, 2.75) is 47.0 Å². The van der Waals surface area contributed by atoms with Gasteiger partial charge in [-0.25, -0.2) is 0 Å². The van der Waals surface area contributed by atoms with Gasteiger partial charge in [-0.1, -0.05) is 27.2 Å². The summed E-state index contributed by atoms with van der Waals surface area (Å²) in [5.74, 6) is 1.63. The fraction of sp³-hybridized carbons (Fsp3) is 0.933. The monoisotopic (exact) mass is 271 g/mol. The van der Waals surface area contributed by atoms with Crippen LogP contribution in [0.1, 0.15) is 47.0 Å². The van der Waals surface area contributed by atoms with Crippen LogP contribution in [0.15, 0.2) is 4.99 Å². The van der Waals surface area contributed by atoms with E-state index in [1.807, 2.05) is 0 Å². The van der Waals surface area contributed by atoms with Gasteiger partial charge in [0.1, 0.15) is 0 Å². The number of guanidine groups is 1. The Hall–Kier alpha value is -0.770. The Morgan fingerprint density at radius 1 is 1.26 bits per heavy atom. The van der Waals surface area contributed by atoms with Crippen LogP contribution in [-0.4, -0.2) is 50.8 Å². The molecule has 0 fully saturated rings. The first-order valence-electron chi connectivity index (χ1n) is 7.68. The normalized spacial score (nSPS) is 12.0. The highest BCUT2D eigenvalue weighted by molar-refractivity contribution is 5.79. The van der Waals surface area contributed by atoms with E-state index < -0.39 is 0 Å². The predicted octanol–water partition coefficient (Wildman–Crippen LogP) is 2.75. The van der Waals surface area contributed by atoms with Gasteiger partial charge in [-0.05, 0) is 25.7 Å². The second-order valence-corrected chi connectivity index (χ2v) is 5.33. The molecule has 0 unspecified atom stereocenters. The minimum Gasteiger partial charge on any atom is -0.381 e. The van der Waals surface area contributed by atoms with Crippen molar-refractivity contribution in [1.29, 1.82) is 0 Å². The molecule has 0 saturated heterocycles. The topological polar surface area (TPSA) is 36.9 Å². The molecule has 0 amide bonds. The largest absolute Gasteiger partial charge is 0.381 e. The lowest BCUT2D eigenvalue weighted by molar-refractivity contribution is 0.109. The molecule has 0 radical (unpaired) electrons. The van der Waals surface area contributed by atoms with Crippen molar-refractivity contribution < 1.29 is 4.74 Å². The number of nitrogens with one attached hydrogen (secondary N) is 1. The molecular formula is C15H33N3O. The average molecular weight is 271 g/mol. The number of nitrogens with zero attached hydrogens (tertiary/aromatic N) is 2. The number of hydrogen-bond acceptors (Lipinski definition) is 2. The minimum absolute atomic E-state index is 0.612. The van der Waals surface area contributed by atoms with Crippen LogP contribution < -0.4 is 5.32 Å². The van der Waals surface area contributed by atoms with Crippen LogP contribution in [0.25, 0.3) is 0 Å². The third-order valence-corrected chi connectivity index (χ3v) is 2.70. The van der Waals surface area contributed by atoms with Gasteiger partial charge in [-0.3, -0.25) is 4.99 Å². The molecule has 0 rings (SSSR count). The molecule has 0 aromatic rings. The molecule has 4 heteroatoms. The van der Waals surface area contributed by atoms with Crippen molar-refractivity contribution >= 4 is 5.96 Å². The summed E-state index contributed by atoms with van der Waals surface area (Å²) in [5, 5.41) is 3.34. The molecule has 0 saturated carbocycles. The fourth-order valence-electron chi connectivity index (χ4n) is 1.64. The second kappa shape index (κ2) is 12.3.